The van der Waals surface area contributed by atoms with Crippen LogP contribution in [0.3, 0.4) is 0 Å². The van der Waals surface area contributed by atoms with Gasteiger partial charge in [0.1, 0.15) is 17.9 Å². The van der Waals surface area contributed by atoms with Gasteiger partial charge in [0, 0.05) is 22.0 Å². The third-order valence-corrected chi connectivity index (χ3v) is 6.38. The van der Waals surface area contributed by atoms with E-state index in [1.165, 1.54) is 28.6 Å². The summed E-state index contributed by atoms with van der Waals surface area (Å²) in [7, 11) is 0. The molecule has 2 aromatic heterocycles. The standard InChI is InChI=1S/C18H13BrF3N5O2S/c19-11-7-30-17(15(11)16-23-8-24-26-16)25-13(28)6-27-12-3-2-10(18(20,21)22)5-9(12)1-4-14(27)29/h2-3,5,7-8H,1,4,6H2,(H,25,28)(H,23,24,26). The number of nitrogens with zero attached hydrogens (tertiary/aromatic N) is 3. The van der Waals surface area contributed by atoms with Gasteiger partial charge in [-0.3, -0.25) is 14.7 Å². The minimum atomic E-state index is -4.47. The molecule has 1 aliphatic rings. The normalized spacial score (nSPS) is 14.0. The minimum absolute atomic E-state index is 0.0372. The monoisotopic (exact) mass is 499 g/mol. The molecule has 0 saturated carbocycles. The largest absolute Gasteiger partial charge is 0.416 e. The smallest absolute Gasteiger partial charge is 0.315 e. The summed E-state index contributed by atoms with van der Waals surface area (Å²) in [5.41, 5.74) is 0.543. The third-order valence-electron chi connectivity index (χ3n) is 4.56. The Kier molecular flexibility index (Phi) is 5.36. The van der Waals surface area contributed by atoms with Crippen molar-refractivity contribution in [3.8, 4) is 11.4 Å². The molecule has 7 nitrogen and oxygen atoms in total. The number of hydrogen-bond acceptors (Lipinski definition) is 5. The lowest BCUT2D eigenvalue weighted by Crippen LogP contribution is -2.41. The molecule has 0 unspecified atom stereocenters. The second kappa shape index (κ2) is 7.84. The second-order valence-electron chi connectivity index (χ2n) is 6.49. The number of alkyl halides is 3. The Bertz CT molecular complexity index is 1110. The van der Waals surface area contributed by atoms with Gasteiger partial charge in [0.15, 0.2) is 5.82 Å². The second-order valence-corrected chi connectivity index (χ2v) is 8.23. The van der Waals surface area contributed by atoms with Crippen LogP contribution in [0.5, 0.6) is 0 Å². The summed E-state index contributed by atoms with van der Waals surface area (Å²) in [6.07, 6.45) is -2.90. The maximum absolute atomic E-state index is 13.0. The van der Waals surface area contributed by atoms with Crippen molar-refractivity contribution < 1.29 is 22.8 Å². The molecule has 4 rings (SSSR count). The first-order chi connectivity index (χ1) is 14.2. The molecule has 2 N–H and O–H groups in total. The van der Waals surface area contributed by atoms with E-state index in [1.807, 2.05) is 0 Å². The average molecular weight is 500 g/mol. The lowest BCUT2D eigenvalue weighted by atomic mass is 9.98. The van der Waals surface area contributed by atoms with Gasteiger partial charge in [0.25, 0.3) is 0 Å². The van der Waals surface area contributed by atoms with Crippen LogP contribution in [0.1, 0.15) is 17.5 Å². The van der Waals surface area contributed by atoms with Gasteiger partial charge in [-0.15, -0.1) is 11.3 Å². The third kappa shape index (κ3) is 3.97. The molecule has 30 heavy (non-hydrogen) atoms. The molecule has 1 aliphatic heterocycles. The van der Waals surface area contributed by atoms with Crippen LogP contribution >= 0.6 is 27.3 Å². The molecular weight excluding hydrogens is 487 g/mol. The van der Waals surface area contributed by atoms with Crippen LogP contribution < -0.4 is 10.2 Å². The van der Waals surface area contributed by atoms with Crippen LogP contribution in [0, 0.1) is 0 Å². The zero-order chi connectivity index (χ0) is 21.5. The molecule has 0 spiro atoms. The van der Waals surface area contributed by atoms with Crippen molar-refractivity contribution in [2.24, 2.45) is 0 Å². The van der Waals surface area contributed by atoms with E-state index in [2.05, 4.69) is 36.4 Å². The lowest BCUT2D eigenvalue weighted by Gasteiger charge is -2.29. The van der Waals surface area contributed by atoms with Crippen molar-refractivity contribution in [3.63, 3.8) is 0 Å². The van der Waals surface area contributed by atoms with Crippen molar-refractivity contribution in [1.29, 1.82) is 0 Å². The summed E-state index contributed by atoms with van der Waals surface area (Å²) < 4.78 is 39.7. The number of benzene rings is 1. The van der Waals surface area contributed by atoms with E-state index < -0.39 is 17.6 Å². The van der Waals surface area contributed by atoms with Gasteiger partial charge < -0.3 is 10.2 Å². The quantitative estimate of drug-likeness (QED) is 0.561. The van der Waals surface area contributed by atoms with Gasteiger partial charge in [0.2, 0.25) is 11.8 Å². The molecule has 3 heterocycles. The van der Waals surface area contributed by atoms with Gasteiger partial charge >= 0.3 is 6.18 Å². The van der Waals surface area contributed by atoms with E-state index in [1.54, 1.807) is 5.38 Å². The van der Waals surface area contributed by atoms with E-state index >= 15 is 0 Å². The number of nitrogens with one attached hydrogen (secondary N) is 2. The Labute approximate surface area is 180 Å². The molecule has 3 aromatic rings. The van der Waals surface area contributed by atoms with Crippen LogP contribution in [0.2, 0.25) is 0 Å². The molecular formula is C18H13BrF3N5O2S. The fourth-order valence-electron chi connectivity index (χ4n) is 3.19. The van der Waals surface area contributed by atoms with Crippen molar-refractivity contribution >= 4 is 49.8 Å². The Hall–Kier alpha value is -2.73. The summed E-state index contributed by atoms with van der Waals surface area (Å²) in [5.74, 6) is -0.344. The van der Waals surface area contributed by atoms with Gasteiger partial charge in [-0.05, 0) is 46.1 Å². The number of aromatic nitrogens is 3. The average Bonchev–Trinajstić information content (AvgIpc) is 3.32. The SMILES string of the molecule is O=C(CN1C(=O)CCc2cc(C(F)(F)F)ccc21)Nc1scc(Br)c1-c1ncn[nH]1. The molecule has 0 atom stereocenters. The van der Waals surface area contributed by atoms with E-state index in [-0.39, 0.29) is 25.3 Å². The number of aryl methyl sites for hydroxylation is 1. The van der Waals surface area contributed by atoms with Crippen molar-refractivity contribution in [1.82, 2.24) is 15.2 Å². The van der Waals surface area contributed by atoms with Crippen LogP contribution in [0.25, 0.3) is 11.4 Å². The Morgan fingerprint density at radius 1 is 1.33 bits per heavy atom. The van der Waals surface area contributed by atoms with E-state index in [0.717, 1.165) is 12.1 Å². The topological polar surface area (TPSA) is 91.0 Å². The predicted molar refractivity (Wildman–Crippen MR) is 108 cm³/mol. The fourth-order valence-corrected chi connectivity index (χ4v) is 4.83. The molecule has 0 aliphatic carbocycles. The molecule has 0 bridgehead atoms. The van der Waals surface area contributed by atoms with Gasteiger partial charge in [0.05, 0.1) is 11.1 Å². The van der Waals surface area contributed by atoms with Crippen LogP contribution in [-0.2, 0) is 22.2 Å². The summed E-state index contributed by atoms with van der Waals surface area (Å²) in [4.78, 5) is 30.3. The number of fused-ring (bicyclic) bond motifs is 1. The van der Waals surface area contributed by atoms with Crippen molar-refractivity contribution in [2.45, 2.75) is 19.0 Å². The number of rotatable bonds is 4. The van der Waals surface area contributed by atoms with Crippen molar-refractivity contribution in [3.05, 3.63) is 45.5 Å². The first-order valence-corrected chi connectivity index (χ1v) is 10.3. The number of thiophene rings is 1. The Morgan fingerprint density at radius 2 is 2.13 bits per heavy atom. The highest BCUT2D eigenvalue weighted by molar-refractivity contribution is 9.10. The maximum atomic E-state index is 13.0. The highest BCUT2D eigenvalue weighted by atomic mass is 79.9. The number of H-pyrrole nitrogens is 1. The summed E-state index contributed by atoms with van der Waals surface area (Å²) in [5, 5.41) is 11.5. The van der Waals surface area contributed by atoms with Gasteiger partial charge in [-0.2, -0.15) is 18.3 Å². The molecule has 0 radical (unpaired) electrons. The molecule has 0 saturated heterocycles. The van der Waals surface area contributed by atoms with Gasteiger partial charge in [-0.1, -0.05) is 0 Å². The number of carbonyl (C=O) groups excluding carboxylic acids is 2. The first kappa shape index (κ1) is 20.5. The van der Waals surface area contributed by atoms with Crippen LogP contribution in [-0.4, -0.2) is 33.5 Å². The number of aromatic amines is 1. The zero-order valence-corrected chi connectivity index (χ0v) is 17.5. The van der Waals surface area contributed by atoms with E-state index in [4.69, 9.17) is 0 Å². The number of halogens is 4. The van der Waals surface area contributed by atoms with E-state index in [9.17, 15) is 22.8 Å². The first-order valence-electron chi connectivity index (χ1n) is 8.67. The Balaban J connectivity index is 1.56. The van der Waals surface area contributed by atoms with E-state index in [0.29, 0.717) is 32.1 Å². The highest BCUT2D eigenvalue weighted by Crippen LogP contribution is 2.39. The molecule has 1 aromatic carbocycles. The van der Waals surface area contributed by atoms with Crippen LogP contribution in [0.4, 0.5) is 23.9 Å². The fraction of sp³-hybridized carbons (Fsp3) is 0.222. The number of anilines is 2. The summed E-state index contributed by atoms with van der Waals surface area (Å²) >= 11 is 4.66. The number of carbonyl (C=O) groups is 2. The Morgan fingerprint density at radius 3 is 2.83 bits per heavy atom. The minimum Gasteiger partial charge on any atom is -0.315 e. The van der Waals surface area contributed by atoms with Crippen molar-refractivity contribution in [2.75, 3.05) is 16.8 Å². The molecule has 12 heteroatoms. The lowest BCUT2D eigenvalue weighted by molar-refractivity contribution is -0.137. The molecule has 2 amide bonds. The summed E-state index contributed by atoms with van der Waals surface area (Å²) in [6.45, 7) is -0.317. The van der Waals surface area contributed by atoms with Gasteiger partial charge in [-0.25, -0.2) is 4.98 Å². The number of amides is 2. The molecule has 156 valence electrons. The summed E-state index contributed by atoms with van der Waals surface area (Å²) in [6, 6.07) is 3.19. The van der Waals surface area contributed by atoms with Crippen LogP contribution in [0.15, 0.2) is 34.4 Å². The molecule has 0 fully saturated rings. The maximum Gasteiger partial charge on any atom is 0.416 e. The number of hydrogen-bond donors (Lipinski definition) is 2. The highest BCUT2D eigenvalue weighted by Gasteiger charge is 2.33. The zero-order valence-electron chi connectivity index (χ0n) is 15.1. The predicted octanol–water partition coefficient (Wildman–Crippen LogP) is 4.23.